The predicted octanol–water partition coefficient (Wildman–Crippen LogP) is 14.3. The lowest BCUT2D eigenvalue weighted by Gasteiger charge is -2.18. The van der Waals surface area contributed by atoms with Gasteiger partial charge in [0.2, 0.25) is 0 Å². The summed E-state index contributed by atoms with van der Waals surface area (Å²) in [7, 11) is 0. The molecule has 4 nitrogen and oxygen atoms in total. The monoisotopic (exact) mass is 671 g/mol. The van der Waals surface area contributed by atoms with Gasteiger partial charge in [0.05, 0.1) is 0 Å². The highest BCUT2D eigenvalue weighted by Crippen LogP contribution is 2.19. The third-order valence-corrected chi connectivity index (χ3v) is 9.05. The minimum Gasteiger partial charge on any atom is -0.481 e. The molecule has 0 radical (unpaired) electrons. The fourth-order valence-electron chi connectivity index (χ4n) is 5.99. The van der Waals surface area contributed by atoms with Gasteiger partial charge in [0.15, 0.2) is 0 Å². The number of ether oxygens (including phenoxy) is 1. The lowest BCUT2D eigenvalue weighted by Crippen LogP contribution is -2.18. The van der Waals surface area contributed by atoms with Gasteiger partial charge in [-0.3, -0.25) is 9.59 Å². The van der Waals surface area contributed by atoms with Gasteiger partial charge in [0, 0.05) is 12.8 Å². The molecule has 0 bridgehead atoms. The summed E-state index contributed by atoms with van der Waals surface area (Å²) < 4.78 is 5.97. The Balaban J connectivity index is 4.05. The molecule has 4 heteroatoms. The normalized spacial score (nSPS) is 12.7. The van der Waals surface area contributed by atoms with E-state index in [2.05, 4.69) is 62.5 Å². The Morgan fingerprint density at radius 2 is 0.812 bits per heavy atom. The van der Waals surface area contributed by atoms with Gasteiger partial charge in [-0.2, -0.15) is 0 Å². The minimum atomic E-state index is -0.715. The second kappa shape index (κ2) is 39.3. The van der Waals surface area contributed by atoms with E-state index in [1.54, 1.807) is 0 Å². The minimum absolute atomic E-state index is 0.0173. The quantitative estimate of drug-likeness (QED) is 0.0406. The van der Waals surface area contributed by atoms with Crippen molar-refractivity contribution in [3.8, 4) is 0 Å². The van der Waals surface area contributed by atoms with Crippen LogP contribution < -0.4 is 0 Å². The zero-order valence-corrected chi connectivity index (χ0v) is 31.8. The zero-order valence-electron chi connectivity index (χ0n) is 31.8. The molecular formula is C44H78O4. The first-order chi connectivity index (χ1) is 23.6. The van der Waals surface area contributed by atoms with Crippen LogP contribution in [-0.2, 0) is 14.3 Å². The molecule has 0 rings (SSSR count). The Kier molecular flexibility index (Phi) is 37.6. The van der Waals surface area contributed by atoms with Crippen molar-refractivity contribution in [2.45, 2.75) is 219 Å². The Morgan fingerprint density at radius 1 is 0.458 bits per heavy atom. The van der Waals surface area contributed by atoms with Crippen molar-refractivity contribution in [1.29, 1.82) is 0 Å². The molecule has 0 saturated heterocycles. The standard InChI is InChI=1S/C44H78O4/c1-3-5-7-9-11-13-15-17-18-19-20-21-22-23-25-27-29-31-37-41-44(47)48-42(39-35-32-33-36-40-43(45)46)38-34-30-28-26-24-16-14-12-10-8-6-4-2/h11,13,17-18,20-21,23,25,42H,3-10,12,14-16,19,22,24,26-41H2,1-2H3,(H,45,46)/b13-11-,18-17-,21-20-,25-23-. The number of esters is 1. The van der Waals surface area contributed by atoms with E-state index in [1.165, 1.54) is 96.3 Å². The molecule has 0 spiro atoms. The summed E-state index contributed by atoms with van der Waals surface area (Å²) in [6.45, 7) is 4.52. The molecule has 0 aliphatic heterocycles. The Bertz CT molecular complexity index is 809. The van der Waals surface area contributed by atoms with Crippen molar-refractivity contribution in [1.82, 2.24) is 0 Å². The molecule has 1 atom stereocenters. The average molecular weight is 671 g/mol. The van der Waals surface area contributed by atoms with Gasteiger partial charge < -0.3 is 9.84 Å². The summed E-state index contributed by atoms with van der Waals surface area (Å²) in [6, 6.07) is 0. The number of hydrogen-bond donors (Lipinski definition) is 1. The fourth-order valence-corrected chi connectivity index (χ4v) is 5.99. The van der Waals surface area contributed by atoms with Crippen LogP contribution in [0.4, 0.5) is 0 Å². The maximum absolute atomic E-state index is 12.6. The number of allylic oxidation sites excluding steroid dienone is 8. The van der Waals surface area contributed by atoms with Crippen LogP contribution >= 0.6 is 0 Å². The lowest BCUT2D eigenvalue weighted by molar-refractivity contribution is -0.150. The summed E-state index contributed by atoms with van der Waals surface area (Å²) in [5.74, 6) is -0.754. The highest BCUT2D eigenvalue weighted by atomic mass is 16.5. The van der Waals surface area contributed by atoms with Crippen LogP contribution in [0.25, 0.3) is 0 Å². The van der Waals surface area contributed by atoms with E-state index >= 15 is 0 Å². The van der Waals surface area contributed by atoms with Crippen LogP contribution in [0.2, 0.25) is 0 Å². The maximum Gasteiger partial charge on any atom is 0.306 e. The molecule has 278 valence electrons. The average Bonchev–Trinajstić information content (AvgIpc) is 3.07. The molecule has 0 aromatic rings. The van der Waals surface area contributed by atoms with Gasteiger partial charge in [0.1, 0.15) is 6.10 Å². The summed E-state index contributed by atoms with van der Waals surface area (Å²) in [6.07, 6.45) is 52.7. The van der Waals surface area contributed by atoms with Gasteiger partial charge >= 0.3 is 11.9 Å². The van der Waals surface area contributed by atoms with Gasteiger partial charge in [-0.25, -0.2) is 0 Å². The van der Waals surface area contributed by atoms with Crippen LogP contribution in [-0.4, -0.2) is 23.1 Å². The number of carboxylic acids is 1. The number of aliphatic carboxylic acids is 1. The van der Waals surface area contributed by atoms with Gasteiger partial charge in [-0.1, -0.05) is 165 Å². The molecule has 48 heavy (non-hydrogen) atoms. The van der Waals surface area contributed by atoms with E-state index in [1.807, 2.05) is 0 Å². The molecule has 0 aliphatic rings. The first-order valence-corrected chi connectivity index (χ1v) is 20.6. The van der Waals surface area contributed by atoms with Crippen molar-refractivity contribution in [2.75, 3.05) is 0 Å². The molecule has 0 saturated carbocycles. The largest absolute Gasteiger partial charge is 0.481 e. The Morgan fingerprint density at radius 3 is 1.29 bits per heavy atom. The highest BCUT2D eigenvalue weighted by molar-refractivity contribution is 5.69. The SMILES string of the molecule is CCCCC/C=C\C/C=C\C/C=C\C/C=C\CCCCCC(=O)OC(CCCCCCCCCCCCCC)CCCCCCC(=O)O. The zero-order chi connectivity index (χ0) is 35.0. The molecular weight excluding hydrogens is 592 g/mol. The van der Waals surface area contributed by atoms with Crippen LogP contribution in [0.1, 0.15) is 213 Å². The number of unbranched alkanes of at least 4 members (excludes halogenated alkanes) is 20. The van der Waals surface area contributed by atoms with Gasteiger partial charge in [-0.15, -0.1) is 0 Å². The van der Waals surface area contributed by atoms with Crippen LogP contribution in [0.15, 0.2) is 48.6 Å². The first-order valence-electron chi connectivity index (χ1n) is 20.6. The summed E-state index contributed by atoms with van der Waals surface area (Å²) in [5, 5.41) is 8.86. The van der Waals surface area contributed by atoms with E-state index in [0.29, 0.717) is 6.42 Å². The van der Waals surface area contributed by atoms with Crippen molar-refractivity contribution < 1.29 is 19.4 Å². The topological polar surface area (TPSA) is 63.6 Å². The fraction of sp³-hybridized carbons (Fsp3) is 0.773. The number of carboxylic acid groups (broad SMARTS) is 1. The third-order valence-electron chi connectivity index (χ3n) is 9.05. The second-order valence-electron chi connectivity index (χ2n) is 13.8. The molecule has 1 unspecified atom stereocenters. The van der Waals surface area contributed by atoms with E-state index in [-0.39, 0.29) is 18.5 Å². The van der Waals surface area contributed by atoms with Crippen molar-refractivity contribution in [3.63, 3.8) is 0 Å². The van der Waals surface area contributed by atoms with E-state index in [9.17, 15) is 9.59 Å². The molecule has 1 N–H and O–H groups in total. The summed E-state index contributed by atoms with van der Waals surface area (Å²) in [4.78, 5) is 23.4. The van der Waals surface area contributed by atoms with E-state index in [0.717, 1.165) is 89.9 Å². The predicted molar refractivity (Wildman–Crippen MR) is 209 cm³/mol. The summed E-state index contributed by atoms with van der Waals surface area (Å²) in [5.41, 5.74) is 0. The molecule has 0 aliphatic carbocycles. The molecule has 0 fully saturated rings. The first kappa shape index (κ1) is 45.9. The van der Waals surface area contributed by atoms with Crippen molar-refractivity contribution in [3.05, 3.63) is 48.6 Å². The highest BCUT2D eigenvalue weighted by Gasteiger charge is 2.14. The van der Waals surface area contributed by atoms with Gasteiger partial charge in [0.25, 0.3) is 0 Å². The molecule has 0 heterocycles. The number of carbonyl (C=O) groups excluding carboxylic acids is 1. The molecule has 0 aromatic heterocycles. The van der Waals surface area contributed by atoms with Crippen LogP contribution in [0.3, 0.4) is 0 Å². The Hall–Kier alpha value is -2.10. The Labute approximate surface area is 298 Å². The van der Waals surface area contributed by atoms with Gasteiger partial charge in [-0.05, 0) is 83.5 Å². The van der Waals surface area contributed by atoms with Crippen LogP contribution in [0, 0.1) is 0 Å². The van der Waals surface area contributed by atoms with E-state index in [4.69, 9.17) is 9.84 Å². The number of carbonyl (C=O) groups is 2. The number of hydrogen-bond acceptors (Lipinski definition) is 3. The second-order valence-corrected chi connectivity index (χ2v) is 13.8. The number of rotatable bonds is 37. The smallest absolute Gasteiger partial charge is 0.306 e. The third kappa shape index (κ3) is 38.3. The lowest BCUT2D eigenvalue weighted by atomic mass is 10.0. The van der Waals surface area contributed by atoms with Crippen molar-refractivity contribution in [2.24, 2.45) is 0 Å². The van der Waals surface area contributed by atoms with Crippen molar-refractivity contribution >= 4 is 11.9 Å². The summed E-state index contributed by atoms with van der Waals surface area (Å²) >= 11 is 0. The van der Waals surface area contributed by atoms with Crippen LogP contribution in [0.5, 0.6) is 0 Å². The van der Waals surface area contributed by atoms with E-state index < -0.39 is 5.97 Å². The molecule has 0 aromatic carbocycles. The maximum atomic E-state index is 12.6. The molecule has 0 amide bonds.